The smallest absolute Gasteiger partial charge is 0.335 e. The van der Waals surface area contributed by atoms with Gasteiger partial charge in [0, 0.05) is 11.6 Å². The van der Waals surface area contributed by atoms with Gasteiger partial charge in [-0.25, -0.2) is 4.79 Å². The molecule has 4 N–H and O–H groups in total. The van der Waals surface area contributed by atoms with E-state index in [0.717, 1.165) is 5.56 Å². The fourth-order valence-electron chi connectivity index (χ4n) is 1.69. The number of anilines is 2. The molecule has 2 aromatic carbocycles. The number of aromatic carboxylic acids is 1. The van der Waals surface area contributed by atoms with Crippen molar-refractivity contribution in [1.29, 1.82) is 0 Å². The Hall–Kier alpha value is -2.20. The number of rotatable bonds is 4. The summed E-state index contributed by atoms with van der Waals surface area (Å²) in [7, 11) is 0. The van der Waals surface area contributed by atoms with Crippen molar-refractivity contribution in [2.45, 2.75) is 6.54 Å². The van der Waals surface area contributed by atoms with E-state index in [1.165, 1.54) is 12.1 Å². The lowest BCUT2D eigenvalue weighted by Gasteiger charge is -2.10. The number of nitrogen functional groups attached to an aromatic ring is 1. The van der Waals surface area contributed by atoms with Crippen molar-refractivity contribution in [2.75, 3.05) is 11.1 Å². The maximum atomic E-state index is 10.9. The molecule has 0 aliphatic heterocycles. The third-order valence-electron chi connectivity index (χ3n) is 2.67. The Morgan fingerprint density at radius 2 is 2.05 bits per heavy atom. The lowest BCUT2D eigenvalue weighted by Crippen LogP contribution is -2.05. The Balaban J connectivity index is 2.15. The van der Waals surface area contributed by atoms with Gasteiger partial charge in [-0.05, 0) is 35.9 Å². The van der Waals surface area contributed by atoms with Gasteiger partial charge in [0.05, 0.1) is 16.9 Å². The molecule has 0 aliphatic carbocycles. The zero-order chi connectivity index (χ0) is 13.8. The van der Waals surface area contributed by atoms with Gasteiger partial charge in [0.15, 0.2) is 0 Å². The maximum Gasteiger partial charge on any atom is 0.335 e. The number of carboxylic acids is 1. The molecule has 0 aliphatic rings. The van der Waals surface area contributed by atoms with Crippen molar-refractivity contribution in [3.8, 4) is 0 Å². The number of hydrogen-bond acceptors (Lipinski definition) is 3. The van der Waals surface area contributed by atoms with Crippen LogP contribution < -0.4 is 11.1 Å². The van der Waals surface area contributed by atoms with Crippen LogP contribution in [0.2, 0.25) is 5.02 Å². The zero-order valence-electron chi connectivity index (χ0n) is 10.1. The zero-order valence-corrected chi connectivity index (χ0v) is 10.8. The third-order valence-corrected chi connectivity index (χ3v) is 2.91. The van der Waals surface area contributed by atoms with E-state index in [1.807, 2.05) is 18.2 Å². The Labute approximate surface area is 115 Å². The number of nitrogens with two attached hydrogens (primary N) is 1. The standard InChI is InChI=1S/C14H13ClN2O2/c15-11-3-1-2-9(6-11)8-17-13-7-10(14(18)19)4-5-12(13)16/h1-7,17H,8,16H2,(H,18,19). The van der Waals surface area contributed by atoms with Crippen molar-refractivity contribution in [1.82, 2.24) is 0 Å². The molecule has 0 saturated carbocycles. The number of halogens is 1. The van der Waals surface area contributed by atoms with Crippen molar-refractivity contribution < 1.29 is 9.90 Å². The van der Waals surface area contributed by atoms with Gasteiger partial charge >= 0.3 is 5.97 Å². The number of carboxylic acid groups (broad SMARTS) is 1. The quantitative estimate of drug-likeness (QED) is 0.750. The summed E-state index contributed by atoms with van der Waals surface area (Å²) in [6.45, 7) is 0.522. The van der Waals surface area contributed by atoms with Crippen LogP contribution in [0.25, 0.3) is 0 Å². The highest BCUT2D eigenvalue weighted by atomic mass is 35.5. The molecule has 5 heteroatoms. The highest BCUT2D eigenvalue weighted by Crippen LogP contribution is 2.21. The molecule has 0 amide bonds. The van der Waals surface area contributed by atoms with Crippen LogP contribution in [0, 0.1) is 0 Å². The first-order valence-electron chi connectivity index (χ1n) is 5.67. The van der Waals surface area contributed by atoms with Gasteiger partial charge in [0.2, 0.25) is 0 Å². The molecule has 19 heavy (non-hydrogen) atoms. The van der Waals surface area contributed by atoms with E-state index in [9.17, 15) is 4.79 Å². The summed E-state index contributed by atoms with van der Waals surface area (Å²) in [4.78, 5) is 10.9. The van der Waals surface area contributed by atoms with Crippen molar-refractivity contribution in [2.24, 2.45) is 0 Å². The van der Waals surface area contributed by atoms with E-state index in [1.54, 1.807) is 12.1 Å². The van der Waals surface area contributed by atoms with E-state index in [-0.39, 0.29) is 5.56 Å². The highest BCUT2D eigenvalue weighted by Gasteiger charge is 2.06. The van der Waals surface area contributed by atoms with Gasteiger partial charge in [-0.1, -0.05) is 23.7 Å². The van der Waals surface area contributed by atoms with Crippen LogP contribution in [-0.4, -0.2) is 11.1 Å². The number of carbonyl (C=O) groups is 1. The largest absolute Gasteiger partial charge is 0.478 e. The molecule has 0 atom stereocenters. The summed E-state index contributed by atoms with van der Waals surface area (Å²) < 4.78 is 0. The predicted molar refractivity (Wildman–Crippen MR) is 76.6 cm³/mol. The molecule has 2 aromatic rings. The van der Waals surface area contributed by atoms with E-state index in [0.29, 0.717) is 22.9 Å². The molecular weight excluding hydrogens is 264 g/mol. The molecule has 2 rings (SSSR count). The van der Waals surface area contributed by atoms with Crippen LogP contribution >= 0.6 is 11.6 Å². The maximum absolute atomic E-state index is 10.9. The van der Waals surface area contributed by atoms with Crippen molar-refractivity contribution in [3.63, 3.8) is 0 Å². The van der Waals surface area contributed by atoms with Crippen LogP contribution in [0.1, 0.15) is 15.9 Å². The third kappa shape index (κ3) is 3.39. The summed E-state index contributed by atoms with van der Waals surface area (Å²) in [5.41, 5.74) is 8.10. The summed E-state index contributed by atoms with van der Waals surface area (Å²) in [5.74, 6) is -0.981. The van der Waals surface area contributed by atoms with Crippen LogP contribution in [0.3, 0.4) is 0 Å². The van der Waals surface area contributed by atoms with Gasteiger partial charge in [0.1, 0.15) is 0 Å². The molecule has 0 radical (unpaired) electrons. The molecule has 0 aromatic heterocycles. The van der Waals surface area contributed by atoms with E-state index >= 15 is 0 Å². The monoisotopic (exact) mass is 276 g/mol. The topological polar surface area (TPSA) is 75.4 Å². The van der Waals surface area contributed by atoms with Crippen molar-refractivity contribution >= 4 is 28.9 Å². The second kappa shape index (κ2) is 5.63. The van der Waals surface area contributed by atoms with E-state index < -0.39 is 5.97 Å². The number of nitrogens with one attached hydrogen (secondary N) is 1. The lowest BCUT2D eigenvalue weighted by atomic mass is 10.1. The van der Waals surface area contributed by atoms with Crippen LogP contribution in [0.15, 0.2) is 42.5 Å². The Morgan fingerprint density at radius 3 is 2.74 bits per heavy atom. The van der Waals surface area contributed by atoms with Crippen LogP contribution in [0.5, 0.6) is 0 Å². The normalized spacial score (nSPS) is 10.2. The highest BCUT2D eigenvalue weighted by molar-refractivity contribution is 6.30. The molecule has 0 fully saturated rings. The molecule has 4 nitrogen and oxygen atoms in total. The Kier molecular flexibility index (Phi) is 3.92. The molecular formula is C14H13ClN2O2. The number of hydrogen-bond donors (Lipinski definition) is 3. The summed E-state index contributed by atoms with van der Waals surface area (Å²) in [6.07, 6.45) is 0. The molecule has 0 unspecified atom stereocenters. The Morgan fingerprint density at radius 1 is 1.26 bits per heavy atom. The van der Waals surface area contributed by atoms with Gasteiger partial charge < -0.3 is 16.2 Å². The summed E-state index contributed by atoms with van der Waals surface area (Å²) in [6, 6.07) is 12.0. The molecule has 0 bridgehead atoms. The average molecular weight is 277 g/mol. The minimum atomic E-state index is -0.981. The summed E-state index contributed by atoms with van der Waals surface area (Å²) >= 11 is 5.89. The molecule has 98 valence electrons. The van der Waals surface area contributed by atoms with Gasteiger partial charge in [-0.15, -0.1) is 0 Å². The van der Waals surface area contributed by atoms with Crippen molar-refractivity contribution in [3.05, 3.63) is 58.6 Å². The average Bonchev–Trinajstić information content (AvgIpc) is 2.37. The fraction of sp³-hybridized carbons (Fsp3) is 0.0714. The van der Waals surface area contributed by atoms with E-state index in [4.69, 9.17) is 22.4 Å². The minimum absolute atomic E-state index is 0.197. The first-order chi connectivity index (χ1) is 9.06. The first kappa shape index (κ1) is 13.2. The minimum Gasteiger partial charge on any atom is -0.478 e. The molecule has 0 saturated heterocycles. The first-order valence-corrected chi connectivity index (χ1v) is 6.05. The van der Waals surface area contributed by atoms with Crippen LogP contribution in [-0.2, 0) is 6.54 Å². The number of benzene rings is 2. The SMILES string of the molecule is Nc1ccc(C(=O)O)cc1NCc1cccc(Cl)c1. The lowest BCUT2D eigenvalue weighted by molar-refractivity contribution is 0.0697. The van der Waals surface area contributed by atoms with Crippen LogP contribution in [0.4, 0.5) is 11.4 Å². The van der Waals surface area contributed by atoms with Gasteiger partial charge in [-0.3, -0.25) is 0 Å². The fourth-order valence-corrected chi connectivity index (χ4v) is 1.90. The van der Waals surface area contributed by atoms with E-state index in [2.05, 4.69) is 5.32 Å². The molecule has 0 heterocycles. The second-order valence-corrected chi connectivity index (χ2v) is 4.53. The molecule has 0 spiro atoms. The van der Waals surface area contributed by atoms with Gasteiger partial charge in [0.25, 0.3) is 0 Å². The summed E-state index contributed by atoms with van der Waals surface area (Å²) in [5, 5.41) is 12.7. The second-order valence-electron chi connectivity index (χ2n) is 4.09. The predicted octanol–water partition coefficient (Wildman–Crippen LogP) is 3.23. The van der Waals surface area contributed by atoms with Gasteiger partial charge in [-0.2, -0.15) is 0 Å². The Bertz CT molecular complexity index is 614.